The average Bonchev–Trinajstić information content (AvgIpc) is 3.01. The quantitative estimate of drug-likeness (QED) is 0.352. The monoisotopic (exact) mass is 257 g/mol. The van der Waals surface area contributed by atoms with Crippen LogP contribution in [-0.4, -0.2) is 4.68 Å². The minimum atomic E-state index is 0.578. The van der Waals surface area contributed by atoms with Gasteiger partial charge in [0.2, 0.25) is 11.9 Å². The van der Waals surface area contributed by atoms with E-state index >= 15 is 0 Å². The maximum atomic E-state index is 9.24. The van der Waals surface area contributed by atoms with Crippen molar-refractivity contribution >= 4 is 16.6 Å². The number of hydrogen-bond donors (Lipinski definition) is 0. The van der Waals surface area contributed by atoms with E-state index in [1.54, 1.807) is 12.1 Å². The van der Waals surface area contributed by atoms with E-state index in [0.29, 0.717) is 11.3 Å². The molecule has 0 saturated carbocycles. The van der Waals surface area contributed by atoms with Crippen LogP contribution in [0.1, 0.15) is 11.1 Å². The largest absolute Gasteiger partial charge is 0.236 e. The Morgan fingerprint density at radius 3 is 2.90 bits per heavy atom. The molecule has 4 nitrogen and oxygen atoms in total. The van der Waals surface area contributed by atoms with Crippen LogP contribution in [0.25, 0.3) is 21.4 Å². The van der Waals surface area contributed by atoms with E-state index in [1.165, 1.54) is 5.56 Å². The summed E-state index contributed by atoms with van der Waals surface area (Å²) >= 11 is 0. The molecule has 4 rings (SSSR count). The highest BCUT2D eigenvalue weighted by molar-refractivity contribution is 5.95. The third-order valence-electron chi connectivity index (χ3n) is 3.74. The summed E-state index contributed by atoms with van der Waals surface area (Å²) in [6.07, 6.45) is 1.96. The lowest BCUT2D eigenvalue weighted by Gasteiger charge is -2.00. The topological polar surface area (TPSA) is 37.0 Å². The lowest BCUT2D eigenvalue weighted by molar-refractivity contribution is -0.749. The van der Waals surface area contributed by atoms with Gasteiger partial charge in [0.25, 0.3) is 0 Å². The van der Waals surface area contributed by atoms with Gasteiger partial charge in [0.1, 0.15) is 11.2 Å². The first-order chi connectivity index (χ1) is 9.83. The van der Waals surface area contributed by atoms with Crippen LogP contribution in [0.3, 0.4) is 0 Å². The number of hydrogen-bond acceptors (Lipinski definition) is 1. The van der Waals surface area contributed by atoms with Crippen molar-refractivity contribution in [2.45, 2.75) is 6.54 Å². The van der Waals surface area contributed by atoms with Crippen LogP contribution in [0.2, 0.25) is 0 Å². The lowest BCUT2D eigenvalue weighted by Crippen LogP contribution is -2.36. The molecule has 1 aromatic heterocycles. The molecule has 0 bridgehead atoms. The Balaban J connectivity index is 2.20. The number of rotatable bonds is 0. The van der Waals surface area contributed by atoms with Crippen LogP contribution in [0.5, 0.6) is 0 Å². The van der Waals surface area contributed by atoms with Gasteiger partial charge in [-0.2, -0.15) is 5.26 Å². The molecule has 0 aliphatic carbocycles. The number of para-hydroxylation sites is 1. The second-order valence-corrected chi connectivity index (χ2v) is 4.79. The molecule has 1 aliphatic heterocycles. The van der Waals surface area contributed by atoms with Crippen molar-refractivity contribution in [3.63, 3.8) is 0 Å². The van der Waals surface area contributed by atoms with E-state index in [9.17, 15) is 5.26 Å². The van der Waals surface area contributed by atoms with Crippen molar-refractivity contribution in [2.24, 2.45) is 0 Å². The van der Waals surface area contributed by atoms with E-state index in [2.05, 4.69) is 21.7 Å². The third-order valence-corrected chi connectivity index (χ3v) is 3.74. The normalized spacial score (nSPS) is 11.7. The smallest absolute Gasteiger partial charge is 0.217 e. The van der Waals surface area contributed by atoms with Crippen molar-refractivity contribution in [3.8, 4) is 11.8 Å². The maximum Gasteiger partial charge on any atom is 0.217 e. The molecule has 0 amide bonds. The fourth-order valence-electron chi connectivity index (χ4n) is 2.87. The molecule has 0 radical (unpaired) electrons. The highest BCUT2D eigenvalue weighted by atomic mass is 15.4. The summed E-state index contributed by atoms with van der Waals surface area (Å²) < 4.78 is 4.10. The minimum Gasteiger partial charge on any atom is -0.236 e. The van der Waals surface area contributed by atoms with Gasteiger partial charge < -0.3 is 0 Å². The third kappa shape index (κ3) is 1.20. The van der Waals surface area contributed by atoms with Gasteiger partial charge in [0.15, 0.2) is 6.54 Å². The fourth-order valence-corrected chi connectivity index (χ4v) is 2.87. The summed E-state index contributed by atoms with van der Waals surface area (Å²) in [5, 5.41) is 10.1. The number of benzene rings is 2. The van der Waals surface area contributed by atoms with Gasteiger partial charge in [-0.25, -0.2) is 4.85 Å². The Labute approximate surface area is 115 Å². The highest BCUT2D eigenvalue weighted by Gasteiger charge is 2.30. The standard InChI is InChI=1S/C16H9N4/c1-18-14-7-6-11(8-17)13-10-19-9-12-4-2-3-5-15(12)20(19)16(13)14/h2-7,10H,9H2/q+1. The van der Waals surface area contributed by atoms with Gasteiger partial charge in [-0.3, -0.25) is 0 Å². The summed E-state index contributed by atoms with van der Waals surface area (Å²) in [6.45, 7) is 8.13. The first kappa shape index (κ1) is 10.8. The van der Waals surface area contributed by atoms with Crippen molar-refractivity contribution in [1.82, 2.24) is 4.68 Å². The molecule has 0 N–H and O–H groups in total. The molecule has 0 unspecified atom stereocenters. The number of fused-ring (bicyclic) bond motifs is 5. The van der Waals surface area contributed by atoms with E-state index in [0.717, 1.165) is 23.1 Å². The van der Waals surface area contributed by atoms with Gasteiger partial charge in [-0.05, 0) is 6.07 Å². The Kier molecular flexibility index (Phi) is 1.99. The summed E-state index contributed by atoms with van der Waals surface area (Å²) in [5.41, 5.74) is 4.33. The fraction of sp³-hybridized carbons (Fsp3) is 0.0625. The molecule has 2 aromatic carbocycles. The number of nitriles is 1. The molecule has 1 aliphatic rings. The van der Waals surface area contributed by atoms with E-state index in [-0.39, 0.29) is 0 Å². The van der Waals surface area contributed by atoms with Crippen LogP contribution in [-0.2, 0) is 6.54 Å². The Morgan fingerprint density at radius 1 is 1.25 bits per heavy atom. The van der Waals surface area contributed by atoms with Crippen molar-refractivity contribution < 1.29 is 4.68 Å². The van der Waals surface area contributed by atoms with Crippen molar-refractivity contribution in [1.29, 1.82) is 5.26 Å². The summed E-state index contributed by atoms with van der Waals surface area (Å²) in [4.78, 5) is 3.60. The summed E-state index contributed by atoms with van der Waals surface area (Å²) in [6, 6.07) is 13.8. The molecule has 4 heteroatoms. The number of nitrogens with zero attached hydrogens (tertiary/aromatic N) is 4. The Hall–Kier alpha value is -3.11. The second kappa shape index (κ2) is 3.69. The molecule has 2 heterocycles. The van der Waals surface area contributed by atoms with Crippen LogP contribution in [0, 0.1) is 17.9 Å². The van der Waals surface area contributed by atoms with Gasteiger partial charge in [0.05, 0.1) is 23.6 Å². The summed E-state index contributed by atoms with van der Waals surface area (Å²) in [5.74, 6) is 0. The molecular formula is C16H9N4+. The average molecular weight is 257 g/mol. The molecule has 0 spiro atoms. The Bertz CT molecular complexity index is 951. The van der Waals surface area contributed by atoms with Gasteiger partial charge in [-0.1, -0.05) is 30.3 Å². The van der Waals surface area contributed by atoms with Gasteiger partial charge in [0, 0.05) is 5.56 Å². The predicted molar refractivity (Wildman–Crippen MR) is 73.5 cm³/mol. The van der Waals surface area contributed by atoms with Gasteiger partial charge in [-0.15, -0.1) is 9.36 Å². The second-order valence-electron chi connectivity index (χ2n) is 4.79. The SMILES string of the molecule is [C-]#[N+]c1ccc(C#N)c2c[n+]3n(c12)-c1ccccc1C3. The molecule has 92 valence electrons. The molecule has 0 saturated heterocycles. The Morgan fingerprint density at radius 2 is 2.10 bits per heavy atom. The number of aromatic nitrogens is 2. The predicted octanol–water partition coefficient (Wildman–Crippen LogP) is 2.70. The first-order valence-corrected chi connectivity index (χ1v) is 6.27. The van der Waals surface area contributed by atoms with Gasteiger partial charge >= 0.3 is 0 Å². The zero-order valence-electron chi connectivity index (χ0n) is 10.5. The van der Waals surface area contributed by atoms with Crippen LogP contribution < -0.4 is 4.68 Å². The molecule has 0 fully saturated rings. The zero-order valence-corrected chi connectivity index (χ0v) is 10.5. The lowest BCUT2D eigenvalue weighted by atomic mass is 10.1. The van der Waals surface area contributed by atoms with Crippen molar-refractivity contribution in [3.05, 3.63) is 65.1 Å². The summed E-state index contributed by atoms with van der Waals surface area (Å²) in [7, 11) is 0. The molecular weight excluding hydrogens is 248 g/mol. The van der Waals surface area contributed by atoms with E-state index in [1.807, 2.05) is 29.1 Å². The van der Waals surface area contributed by atoms with Crippen molar-refractivity contribution in [2.75, 3.05) is 0 Å². The first-order valence-electron chi connectivity index (χ1n) is 6.27. The zero-order chi connectivity index (χ0) is 13.7. The highest BCUT2D eigenvalue weighted by Crippen LogP contribution is 2.32. The van der Waals surface area contributed by atoms with Crippen LogP contribution in [0.15, 0.2) is 42.6 Å². The molecule has 0 atom stereocenters. The molecule has 3 aromatic rings. The minimum absolute atomic E-state index is 0.578. The van der Waals surface area contributed by atoms with E-state index < -0.39 is 0 Å². The van der Waals surface area contributed by atoms with E-state index in [4.69, 9.17) is 6.57 Å². The maximum absolute atomic E-state index is 9.24. The van der Waals surface area contributed by atoms with Crippen LogP contribution >= 0.6 is 0 Å². The molecule has 20 heavy (non-hydrogen) atoms. The van der Waals surface area contributed by atoms with Crippen LogP contribution in [0.4, 0.5) is 5.69 Å².